The molecule has 25 heavy (non-hydrogen) atoms. The Bertz CT molecular complexity index is 847. The van der Waals surface area contributed by atoms with Crippen LogP contribution in [0.25, 0.3) is 0 Å². The van der Waals surface area contributed by atoms with E-state index in [9.17, 15) is 17.6 Å². The summed E-state index contributed by atoms with van der Waals surface area (Å²) in [5.41, 5.74) is 1.86. The Hall–Kier alpha value is -2.21. The molecule has 0 aliphatic heterocycles. The molecule has 0 aliphatic carbocycles. The molecule has 0 aromatic heterocycles. The Morgan fingerprint density at radius 2 is 1.80 bits per heavy atom. The van der Waals surface area contributed by atoms with Crippen LogP contribution in [0.4, 0.5) is 4.39 Å². The van der Waals surface area contributed by atoms with Crippen LogP contribution in [0.1, 0.15) is 41.4 Å². The second-order valence-corrected chi connectivity index (χ2v) is 8.23. The van der Waals surface area contributed by atoms with Gasteiger partial charge in [0.15, 0.2) is 9.84 Å². The minimum Gasteiger partial charge on any atom is -0.332 e. The van der Waals surface area contributed by atoms with Crippen LogP contribution in [-0.2, 0) is 15.6 Å². The monoisotopic (exact) mass is 363 g/mol. The lowest BCUT2D eigenvalue weighted by Gasteiger charge is -2.28. The second-order valence-electron chi connectivity index (χ2n) is 6.09. The van der Waals surface area contributed by atoms with Crippen molar-refractivity contribution in [2.45, 2.75) is 25.6 Å². The fourth-order valence-electron chi connectivity index (χ4n) is 2.78. The van der Waals surface area contributed by atoms with Crippen molar-refractivity contribution in [3.8, 4) is 0 Å². The van der Waals surface area contributed by atoms with Crippen LogP contribution in [0.3, 0.4) is 0 Å². The van der Waals surface area contributed by atoms with E-state index >= 15 is 0 Å². The number of rotatable bonds is 6. The molecule has 0 saturated heterocycles. The molecule has 1 atom stereocenters. The molecule has 6 heteroatoms. The first-order valence-corrected chi connectivity index (χ1v) is 10.1. The number of carbonyl (C=O) groups excluding carboxylic acids is 1. The average Bonchev–Trinajstić information content (AvgIpc) is 2.54. The molecule has 2 aromatic carbocycles. The topological polar surface area (TPSA) is 54.5 Å². The third kappa shape index (κ3) is 5.13. The molecule has 1 amide bonds. The minimum absolute atomic E-state index is 0.103. The molecule has 0 heterocycles. The zero-order valence-electron chi connectivity index (χ0n) is 14.6. The van der Waals surface area contributed by atoms with E-state index in [0.717, 1.165) is 11.8 Å². The number of hydrogen-bond acceptors (Lipinski definition) is 3. The molecule has 0 aliphatic rings. The van der Waals surface area contributed by atoms with Crippen molar-refractivity contribution < 1.29 is 17.6 Å². The van der Waals surface area contributed by atoms with Crippen LogP contribution in [0.5, 0.6) is 0 Å². The highest BCUT2D eigenvalue weighted by molar-refractivity contribution is 7.89. The van der Waals surface area contributed by atoms with Gasteiger partial charge in [-0.3, -0.25) is 4.79 Å². The Morgan fingerprint density at radius 1 is 1.16 bits per heavy atom. The number of nitrogens with zero attached hydrogens (tertiary/aromatic N) is 1. The molecule has 4 nitrogen and oxygen atoms in total. The van der Waals surface area contributed by atoms with E-state index < -0.39 is 9.84 Å². The fraction of sp³-hybridized carbons (Fsp3) is 0.316. The molecular formula is C19H22FNO3S. The van der Waals surface area contributed by atoms with Crippen LogP contribution >= 0.6 is 0 Å². The van der Waals surface area contributed by atoms with E-state index in [2.05, 4.69) is 0 Å². The van der Waals surface area contributed by atoms with E-state index in [1.54, 1.807) is 41.3 Å². The predicted molar refractivity (Wildman–Crippen MR) is 96.5 cm³/mol. The number of benzene rings is 2. The minimum atomic E-state index is -3.17. The average molecular weight is 363 g/mol. The van der Waals surface area contributed by atoms with E-state index in [1.807, 2.05) is 13.8 Å². The van der Waals surface area contributed by atoms with Crippen molar-refractivity contribution >= 4 is 15.7 Å². The molecule has 2 rings (SSSR count). The van der Waals surface area contributed by atoms with Crippen molar-refractivity contribution in [1.82, 2.24) is 4.90 Å². The highest BCUT2D eigenvalue weighted by Crippen LogP contribution is 2.23. The summed E-state index contributed by atoms with van der Waals surface area (Å²) < 4.78 is 36.0. The largest absolute Gasteiger partial charge is 0.332 e. The Balaban J connectivity index is 2.27. The first-order valence-electron chi connectivity index (χ1n) is 8.04. The number of carbonyl (C=O) groups is 1. The summed E-state index contributed by atoms with van der Waals surface area (Å²) in [6.07, 6.45) is 1.16. The molecule has 0 N–H and O–H groups in total. The van der Waals surface area contributed by atoms with Crippen molar-refractivity contribution in [2.24, 2.45) is 0 Å². The lowest BCUT2D eigenvalue weighted by atomic mass is 10.0. The van der Waals surface area contributed by atoms with E-state index in [0.29, 0.717) is 17.7 Å². The van der Waals surface area contributed by atoms with Gasteiger partial charge >= 0.3 is 0 Å². The summed E-state index contributed by atoms with van der Waals surface area (Å²) in [5, 5.41) is 0. The quantitative estimate of drug-likeness (QED) is 0.788. The number of hydrogen-bond donors (Lipinski definition) is 0. The second kappa shape index (κ2) is 7.78. The van der Waals surface area contributed by atoms with Crippen molar-refractivity contribution in [2.75, 3.05) is 12.8 Å². The first kappa shape index (κ1) is 19.1. The summed E-state index contributed by atoms with van der Waals surface area (Å²) in [4.78, 5) is 14.6. The number of halogens is 1. The molecule has 1 unspecified atom stereocenters. The van der Waals surface area contributed by atoms with Crippen LogP contribution in [-0.4, -0.2) is 32.0 Å². The van der Waals surface area contributed by atoms with Crippen LogP contribution in [0.2, 0.25) is 0 Å². The van der Waals surface area contributed by atoms with Crippen LogP contribution < -0.4 is 0 Å². The van der Waals surface area contributed by atoms with Crippen molar-refractivity contribution in [1.29, 1.82) is 0 Å². The summed E-state index contributed by atoms with van der Waals surface area (Å²) in [5.74, 6) is -0.609. The SMILES string of the molecule is CCN(C(=O)c1cccc(CS(C)(=O)=O)c1)C(C)c1ccc(F)cc1. The smallest absolute Gasteiger partial charge is 0.254 e. The van der Waals surface area contributed by atoms with Gasteiger partial charge in [0.25, 0.3) is 5.91 Å². The first-order chi connectivity index (χ1) is 11.7. The maximum Gasteiger partial charge on any atom is 0.254 e. The van der Waals surface area contributed by atoms with Gasteiger partial charge in [-0.05, 0) is 49.2 Å². The fourth-order valence-corrected chi connectivity index (χ4v) is 3.56. The summed E-state index contributed by atoms with van der Waals surface area (Å²) in [6, 6.07) is 12.5. The molecule has 0 radical (unpaired) electrons. The van der Waals surface area contributed by atoms with Crippen LogP contribution in [0, 0.1) is 5.82 Å². The molecule has 134 valence electrons. The Kier molecular flexibility index (Phi) is 5.95. The van der Waals surface area contributed by atoms with Gasteiger partial charge in [0.05, 0.1) is 11.8 Å². The zero-order chi connectivity index (χ0) is 18.6. The third-order valence-electron chi connectivity index (χ3n) is 4.02. The Morgan fingerprint density at radius 3 is 2.36 bits per heavy atom. The lowest BCUT2D eigenvalue weighted by molar-refractivity contribution is 0.0702. The van der Waals surface area contributed by atoms with Gasteiger partial charge in [-0.1, -0.05) is 24.3 Å². The highest BCUT2D eigenvalue weighted by Gasteiger charge is 2.21. The maximum atomic E-state index is 13.1. The molecule has 0 spiro atoms. The van der Waals surface area contributed by atoms with E-state index in [4.69, 9.17) is 0 Å². The van der Waals surface area contributed by atoms with Crippen molar-refractivity contribution in [3.63, 3.8) is 0 Å². The van der Waals surface area contributed by atoms with Crippen LogP contribution in [0.15, 0.2) is 48.5 Å². The van der Waals surface area contributed by atoms with Gasteiger partial charge in [-0.15, -0.1) is 0 Å². The van der Waals surface area contributed by atoms with E-state index in [-0.39, 0.29) is 23.5 Å². The normalized spacial score (nSPS) is 12.6. The summed E-state index contributed by atoms with van der Waals surface area (Å²) in [6.45, 7) is 4.24. The van der Waals surface area contributed by atoms with Gasteiger partial charge in [-0.25, -0.2) is 12.8 Å². The number of sulfone groups is 1. The van der Waals surface area contributed by atoms with Gasteiger partial charge < -0.3 is 4.90 Å². The van der Waals surface area contributed by atoms with Gasteiger partial charge in [0.2, 0.25) is 0 Å². The zero-order valence-corrected chi connectivity index (χ0v) is 15.4. The predicted octanol–water partition coefficient (Wildman–Crippen LogP) is 3.59. The molecule has 2 aromatic rings. The molecule has 0 saturated carbocycles. The Labute approximate surface area is 148 Å². The summed E-state index contributed by atoms with van der Waals surface area (Å²) in [7, 11) is -3.17. The van der Waals surface area contributed by atoms with Crippen molar-refractivity contribution in [3.05, 3.63) is 71.0 Å². The highest BCUT2D eigenvalue weighted by atomic mass is 32.2. The molecule has 0 bridgehead atoms. The van der Waals surface area contributed by atoms with E-state index in [1.165, 1.54) is 12.1 Å². The maximum absolute atomic E-state index is 13.1. The third-order valence-corrected chi connectivity index (χ3v) is 4.88. The standard InChI is InChI=1S/C19H22FNO3S/c1-4-21(14(2)16-8-10-18(20)11-9-16)19(22)17-7-5-6-15(12-17)13-25(3,23)24/h5-12,14H,4,13H2,1-3H3. The van der Waals surface area contributed by atoms with Gasteiger partial charge in [0, 0.05) is 18.4 Å². The van der Waals surface area contributed by atoms with Gasteiger partial charge in [-0.2, -0.15) is 0 Å². The number of amides is 1. The van der Waals surface area contributed by atoms with Gasteiger partial charge in [0.1, 0.15) is 5.82 Å². The summed E-state index contributed by atoms with van der Waals surface area (Å²) >= 11 is 0. The molecular weight excluding hydrogens is 341 g/mol. The lowest BCUT2D eigenvalue weighted by Crippen LogP contribution is -2.33. The molecule has 0 fully saturated rings.